The minimum Gasteiger partial charge on any atom is -0.397 e. The van der Waals surface area contributed by atoms with Gasteiger partial charge in [0.2, 0.25) is 0 Å². The Morgan fingerprint density at radius 2 is 2.10 bits per heavy atom. The van der Waals surface area contributed by atoms with E-state index < -0.39 is 0 Å². The van der Waals surface area contributed by atoms with E-state index in [9.17, 15) is 4.79 Å². The summed E-state index contributed by atoms with van der Waals surface area (Å²) in [7, 11) is 0. The molecule has 0 bridgehead atoms. The van der Waals surface area contributed by atoms with Gasteiger partial charge in [-0.15, -0.1) is 0 Å². The summed E-state index contributed by atoms with van der Waals surface area (Å²) in [6.07, 6.45) is 7.26. The Hall–Kier alpha value is -3.03. The van der Waals surface area contributed by atoms with E-state index in [1.165, 1.54) is 0 Å². The normalized spacial score (nSPS) is 16.5. The number of carbonyl (C=O) groups is 1. The number of piperidine rings is 1. The molecule has 8 heteroatoms. The summed E-state index contributed by atoms with van der Waals surface area (Å²) in [6.45, 7) is 1.68. The molecule has 0 radical (unpaired) electrons. The van der Waals surface area contributed by atoms with Gasteiger partial charge in [0, 0.05) is 61.0 Å². The van der Waals surface area contributed by atoms with Crippen molar-refractivity contribution >= 4 is 28.8 Å². The van der Waals surface area contributed by atoms with Crippen LogP contribution in [0.4, 0.5) is 11.4 Å². The Balaban J connectivity index is 1.62. The summed E-state index contributed by atoms with van der Waals surface area (Å²) >= 11 is 6.19. The fourth-order valence-electron chi connectivity index (χ4n) is 3.77. The van der Waals surface area contributed by atoms with Crippen LogP contribution in [0.2, 0.25) is 5.15 Å². The van der Waals surface area contributed by atoms with Crippen molar-refractivity contribution in [1.29, 1.82) is 0 Å². The molecule has 1 atom stereocenters. The second-order valence-corrected chi connectivity index (χ2v) is 7.79. The lowest BCUT2D eigenvalue weighted by Gasteiger charge is -2.33. The number of rotatable bonds is 5. The highest BCUT2D eigenvalue weighted by Gasteiger charge is 2.22. The largest absolute Gasteiger partial charge is 0.397 e. The van der Waals surface area contributed by atoms with Crippen molar-refractivity contribution in [3.63, 3.8) is 0 Å². The zero-order valence-electron chi connectivity index (χ0n) is 16.5. The molecule has 0 aromatic carbocycles. The Morgan fingerprint density at radius 3 is 2.90 bits per heavy atom. The zero-order valence-corrected chi connectivity index (χ0v) is 17.2. The van der Waals surface area contributed by atoms with E-state index in [1.54, 1.807) is 42.9 Å². The first kappa shape index (κ1) is 20.3. The lowest BCUT2D eigenvalue weighted by molar-refractivity contribution is 0.0989. The molecule has 154 valence electrons. The van der Waals surface area contributed by atoms with Crippen LogP contribution in [0.1, 0.15) is 28.9 Å². The molecule has 0 amide bonds. The van der Waals surface area contributed by atoms with Crippen molar-refractivity contribution in [3.05, 3.63) is 65.3 Å². The number of pyridine rings is 3. The Kier molecular flexibility index (Phi) is 5.92. The van der Waals surface area contributed by atoms with Crippen LogP contribution in [0.15, 0.2) is 48.9 Å². The minimum atomic E-state index is -0.176. The topological polar surface area (TPSA) is 111 Å². The van der Waals surface area contributed by atoms with Gasteiger partial charge in [-0.05, 0) is 43.2 Å². The van der Waals surface area contributed by atoms with Gasteiger partial charge in [-0.1, -0.05) is 11.6 Å². The molecule has 0 spiro atoms. The number of nitrogens with two attached hydrogens (primary N) is 2. The van der Waals surface area contributed by atoms with Gasteiger partial charge in [-0.25, -0.2) is 9.97 Å². The van der Waals surface area contributed by atoms with Gasteiger partial charge in [0.05, 0.1) is 11.4 Å². The first-order valence-electron chi connectivity index (χ1n) is 9.87. The second kappa shape index (κ2) is 8.77. The SMILES string of the molecule is Nc1ccc(-c2cccnc2Cl)nc1C(=O)Cc1cnccc1N1CCC[C@H](N)C1. The number of ketones is 1. The van der Waals surface area contributed by atoms with Crippen LogP contribution in [-0.4, -0.2) is 39.9 Å². The molecule has 1 saturated heterocycles. The van der Waals surface area contributed by atoms with Gasteiger partial charge in [0.1, 0.15) is 10.8 Å². The first-order chi connectivity index (χ1) is 14.5. The predicted molar refractivity (Wildman–Crippen MR) is 119 cm³/mol. The van der Waals surface area contributed by atoms with Crippen LogP contribution in [0, 0.1) is 0 Å². The fourth-order valence-corrected chi connectivity index (χ4v) is 3.99. The van der Waals surface area contributed by atoms with Gasteiger partial charge < -0.3 is 16.4 Å². The quantitative estimate of drug-likeness (QED) is 0.480. The van der Waals surface area contributed by atoms with E-state index in [1.807, 2.05) is 6.07 Å². The number of aromatic nitrogens is 3. The Bertz CT molecular complexity index is 1070. The number of halogens is 1. The average Bonchev–Trinajstić information content (AvgIpc) is 2.75. The third kappa shape index (κ3) is 4.27. The number of anilines is 2. The Morgan fingerprint density at radius 1 is 1.23 bits per heavy atom. The summed E-state index contributed by atoms with van der Waals surface area (Å²) < 4.78 is 0. The predicted octanol–water partition coefficient (Wildman–Crippen LogP) is 3.13. The standard InChI is InChI=1S/C22H23ClN6O/c23-22-16(4-1-8-27-22)18-6-5-17(25)21(28-18)20(30)11-14-12-26-9-7-19(14)29-10-2-3-15(24)13-29/h1,4-9,12,15H,2-3,10-11,13,24-25H2/t15-/m0/s1. The molecule has 30 heavy (non-hydrogen) atoms. The summed E-state index contributed by atoms with van der Waals surface area (Å²) in [6, 6.07) is 9.05. The maximum absolute atomic E-state index is 13.1. The van der Waals surface area contributed by atoms with E-state index in [0.29, 0.717) is 22.1 Å². The molecule has 4 N–H and O–H groups in total. The molecule has 4 heterocycles. The highest BCUT2D eigenvalue weighted by atomic mass is 35.5. The monoisotopic (exact) mass is 422 g/mol. The summed E-state index contributed by atoms with van der Waals surface area (Å²) in [4.78, 5) is 28.2. The van der Waals surface area contributed by atoms with Crippen LogP contribution in [0.3, 0.4) is 0 Å². The summed E-state index contributed by atoms with van der Waals surface area (Å²) in [5.41, 5.74) is 15.8. The number of nitrogen functional groups attached to an aromatic ring is 1. The fraction of sp³-hybridized carbons (Fsp3) is 0.273. The third-order valence-corrected chi connectivity index (χ3v) is 5.55. The summed E-state index contributed by atoms with van der Waals surface area (Å²) in [5, 5.41) is 0.323. The van der Waals surface area contributed by atoms with Crippen LogP contribution in [0.25, 0.3) is 11.3 Å². The molecule has 1 fully saturated rings. The van der Waals surface area contributed by atoms with E-state index in [4.69, 9.17) is 23.1 Å². The highest BCUT2D eigenvalue weighted by molar-refractivity contribution is 6.32. The molecule has 3 aromatic heterocycles. The van der Waals surface area contributed by atoms with Crippen LogP contribution < -0.4 is 16.4 Å². The molecule has 1 aliphatic heterocycles. The van der Waals surface area contributed by atoms with Crippen LogP contribution in [-0.2, 0) is 6.42 Å². The molecule has 4 rings (SSSR count). The lowest BCUT2D eigenvalue weighted by Crippen LogP contribution is -2.43. The van der Waals surface area contributed by atoms with Crippen molar-refractivity contribution in [3.8, 4) is 11.3 Å². The van der Waals surface area contributed by atoms with Gasteiger partial charge in [0.25, 0.3) is 0 Å². The van der Waals surface area contributed by atoms with E-state index >= 15 is 0 Å². The molecule has 7 nitrogen and oxygen atoms in total. The molecule has 3 aromatic rings. The lowest BCUT2D eigenvalue weighted by atomic mass is 10.0. The molecule has 0 unspecified atom stereocenters. The molecular formula is C22H23ClN6O. The maximum Gasteiger partial charge on any atom is 0.187 e. The van der Waals surface area contributed by atoms with Crippen LogP contribution in [0.5, 0.6) is 0 Å². The maximum atomic E-state index is 13.1. The van der Waals surface area contributed by atoms with Gasteiger partial charge in [0.15, 0.2) is 5.78 Å². The molecule has 0 saturated carbocycles. The first-order valence-corrected chi connectivity index (χ1v) is 10.2. The molecule has 0 aliphatic carbocycles. The molecule has 1 aliphatic rings. The van der Waals surface area contributed by atoms with E-state index in [-0.39, 0.29) is 23.9 Å². The van der Waals surface area contributed by atoms with Crippen molar-refractivity contribution in [2.24, 2.45) is 5.73 Å². The number of Topliss-reactive ketones (excluding diaryl/α,β-unsaturated/α-hetero) is 1. The minimum absolute atomic E-state index is 0.133. The van der Waals surface area contributed by atoms with Crippen molar-refractivity contribution in [2.75, 3.05) is 23.7 Å². The van der Waals surface area contributed by atoms with Gasteiger partial charge in [-0.3, -0.25) is 9.78 Å². The summed E-state index contributed by atoms with van der Waals surface area (Å²) in [5.74, 6) is -0.176. The number of carbonyl (C=O) groups excluding carboxylic acids is 1. The van der Waals surface area contributed by atoms with Gasteiger partial charge >= 0.3 is 0 Å². The number of hydrogen-bond donors (Lipinski definition) is 2. The van der Waals surface area contributed by atoms with Crippen molar-refractivity contribution < 1.29 is 4.79 Å². The van der Waals surface area contributed by atoms with Crippen molar-refractivity contribution in [2.45, 2.75) is 25.3 Å². The molecular weight excluding hydrogens is 400 g/mol. The van der Waals surface area contributed by atoms with Crippen LogP contribution >= 0.6 is 11.6 Å². The number of hydrogen-bond acceptors (Lipinski definition) is 7. The zero-order chi connectivity index (χ0) is 21.1. The van der Waals surface area contributed by atoms with E-state index in [2.05, 4.69) is 19.9 Å². The average molecular weight is 423 g/mol. The second-order valence-electron chi connectivity index (χ2n) is 7.43. The van der Waals surface area contributed by atoms with E-state index in [0.717, 1.165) is 37.2 Å². The third-order valence-electron chi connectivity index (χ3n) is 5.25. The van der Waals surface area contributed by atoms with Crippen molar-refractivity contribution in [1.82, 2.24) is 15.0 Å². The van der Waals surface area contributed by atoms with Gasteiger partial charge in [-0.2, -0.15) is 0 Å². The number of nitrogens with zero attached hydrogens (tertiary/aromatic N) is 4. The Labute approximate surface area is 180 Å². The highest BCUT2D eigenvalue weighted by Crippen LogP contribution is 2.28. The smallest absolute Gasteiger partial charge is 0.187 e.